The van der Waals surface area contributed by atoms with E-state index in [9.17, 15) is 9.59 Å². The molecule has 0 radical (unpaired) electrons. The van der Waals surface area contributed by atoms with E-state index >= 15 is 0 Å². The standard InChI is InChI=1S/C34H64O4/c1-27(17-13-9-11-15-23-33(3,4)5)25-37-31(35)29-19-21-30(22-20-29)32(36)38-26-28(2)18-14-10-12-16-24-34(6,7)8/h27-30H,9-26H2,1-8H3. The molecule has 4 nitrogen and oxygen atoms in total. The third-order valence-electron chi connectivity index (χ3n) is 8.16. The van der Waals surface area contributed by atoms with Gasteiger partial charge in [0.2, 0.25) is 0 Å². The van der Waals surface area contributed by atoms with Crippen molar-refractivity contribution in [2.24, 2.45) is 34.5 Å². The van der Waals surface area contributed by atoms with Crippen LogP contribution in [0.1, 0.15) is 158 Å². The summed E-state index contributed by atoms with van der Waals surface area (Å²) in [4.78, 5) is 25.2. The maximum Gasteiger partial charge on any atom is 0.308 e. The number of unbranched alkanes of at least 4 members (excludes halogenated alkanes) is 6. The van der Waals surface area contributed by atoms with Crippen LogP contribution >= 0.6 is 0 Å². The zero-order chi connectivity index (χ0) is 28.6. The molecule has 0 N–H and O–H groups in total. The van der Waals surface area contributed by atoms with Gasteiger partial charge in [0.1, 0.15) is 0 Å². The molecule has 0 spiro atoms. The van der Waals surface area contributed by atoms with Crippen molar-refractivity contribution in [1.82, 2.24) is 0 Å². The lowest BCUT2D eigenvalue weighted by Crippen LogP contribution is -2.29. The van der Waals surface area contributed by atoms with E-state index in [1.807, 2.05) is 0 Å². The van der Waals surface area contributed by atoms with E-state index in [4.69, 9.17) is 9.47 Å². The van der Waals surface area contributed by atoms with Gasteiger partial charge in [0.25, 0.3) is 0 Å². The molecule has 1 aliphatic rings. The average Bonchev–Trinajstić information content (AvgIpc) is 2.84. The van der Waals surface area contributed by atoms with Crippen LogP contribution in [0.15, 0.2) is 0 Å². The molecule has 224 valence electrons. The molecule has 1 rings (SSSR count). The number of carbonyl (C=O) groups excluding carboxylic acids is 2. The lowest BCUT2D eigenvalue weighted by molar-refractivity contribution is -0.156. The largest absolute Gasteiger partial charge is 0.465 e. The second kappa shape index (κ2) is 18.3. The normalized spacial score (nSPS) is 20.1. The number of carbonyl (C=O) groups is 2. The summed E-state index contributed by atoms with van der Waals surface area (Å²) in [6.45, 7) is 19.3. The second-order valence-electron chi connectivity index (χ2n) is 15.0. The van der Waals surface area contributed by atoms with Gasteiger partial charge in [-0.25, -0.2) is 0 Å². The van der Waals surface area contributed by atoms with Crippen LogP contribution in [0.3, 0.4) is 0 Å². The number of ether oxygens (including phenoxy) is 2. The fourth-order valence-corrected chi connectivity index (χ4v) is 5.42. The second-order valence-corrected chi connectivity index (χ2v) is 15.0. The van der Waals surface area contributed by atoms with E-state index in [1.165, 1.54) is 64.2 Å². The molecule has 2 atom stereocenters. The minimum absolute atomic E-state index is 0.0548. The highest BCUT2D eigenvalue weighted by Crippen LogP contribution is 2.31. The maximum absolute atomic E-state index is 12.6. The highest BCUT2D eigenvalue weighted by Gasteiger charge is 2.32. The third-order valence-corrected chi connectivity index (χ3v) is 8.16. The highest BCUT2D eigenvalue weighted by molar-refractivity contribution is 5.75. The van der Waals surface area contributed by atoms with Gasteiger partial charge in [-0.1, -0.05) is 107 Å². The minimum Gasteiger partial charge on any atom is -0.465 e. The maximum atomic E-state index is 12.6. The Morgan fingerprint density at radius 3 is 1.21 bits per heavy atom. The molecule has 1 fully saturated rings. The average molecular weight is 537 g/mol. The van der Waals surface area contributed by atoms with Gasteiger partial charge < -0.3 is 9.47 Å². The predicted octanol–water partition coefficient (Wildman–Crippen LogP) is 9.92. The van der Waals surface area contributed by atoms with Crippen molar-refractivity contribution < 1.29 is 19.1 Å². The lowest BCUT2D eigenvalue weighted by atomic mass is 9.82. The van der Waals surface area contributed by atoms with Crippen molar-refractivity contribution in [3.8, 4) is 0 Å². The van der Waals surface area contributed by atoms with Crippen LogP contribution in [0.25, 0.3) is 0 Å². The molecule has 0 aromatic carbocycles. The van der Waals surface area contributed by atoms with Gasteiger partial charge in [0.05, 0.1) is 25.0 Å². The molecule has 1 saturated carbocycles. The topological polar surface area (TPSA) is 52.6 Å². The van der Waals surface area contributed by atoms with Crippen molar-refractivity contribution >= 4 is 11.9 Å². The SMILES string of the molecule is CC(CCCCCCC(C)(C)C)COC(=O)C1CCC(C(=O)OCC(C)CCCCCCC(C)(C)C)CC1. The molecule has 0 aromatic rings. The van der Waals surface area contributed by atoms with Crippen LogP contribution in [0, 0.1) is 34.5 Å². The zero-order valence-electron chi connectivity index (χ0n) is 26.7. The summed E-state index contributed by atoms with van der Waals surface area (Å²) in [5, 5.41) is 0. The molecular weight excluding hydrogens is 472 g/mol. The summed E-state index contributed by atoms with van der Waals surface area (Å²) in [6.07, 6.45) is 18.0. The number of hydrogen-bond donors (Lipinski definition) is 0. The van der Waals surface area contributed by atoms with E-state index in [2.05, 4.69) is 55.4 Å². The summed E-state index contributed by atoms with van der Waals surface area (Å²) in [5.41, 5.74) is 0.871. The van der Waals surface area contributed by atoms with E-state index in [1.54, 1.807) is 0 Å². The minimum atomic E-state index is -0.0648. The van der Waals surface area contributed by atoms with Gasteiger partial charge in [-0.05, 0) is 74.0 Å². The highest BCUT2D eigenvalue weighted by atomic mass is 16.5. The summed E-state index contributed by atoms with van der Waals surface area (Å²) in [5.74, 6) is 0.591. The Bertz CT molecular complexity index is 578. The number of hydrogen-bond acceptors (Lipinski definition) is 4. The van der Waals surface area contributed by atoms with Gasteiger partial charge in [-0.2, -0.15) is 0 Å². The monoisotopic (exact) mass is 536 g/mol. The molecule has 1 aliphatic carbocycles. The van der Waals surface area contributed by atoms with Crippen LogP contribution in [0.2, 0.25) is 0 Å². The fraction of sp³-hybridized carbons (Fsp3) is 0.941. The van der Waals surface area contributed by atoms with Gasteiger partial charge in [0.15, 0.2) is 0 Å². The van der Waals surface area contributed by atoms with Crippen LogP contribution in [-0.4, -0.2) is 25.2 Å². The van der Waals surface area contributed by atoms with Crippen molar-refractivity contribution in [1.29, 1.82) is 0 Å². The Morgan fingerprint density at radius 2 is 0.895 bits per heavy atom. The van der Waals surface area contributed by atoms with E-state index in [0.717, 1.165) is 38.5 Å². The van der Waals surface area contributed by atoms with Crippen molar-refractivity contribution in [3.05, 3.63) is 0 Å². The van der Waals surface area contributed by atoms with Gasteiger partial charge >= 0.3 is 11.9 Å². The Morgan fingerprint density at radius 1 is 0.579 bits per heavy atom. The first-order chi connectivity index (χ1) is 17.8. The van der Waals surface area contributed by atoms with Crippen LogP contribution < -0.4 is 0 Å². The van der Waals surface area contributed by atoms with Crippen LogP contribution in [0.5, 0.6) is 0 Å². The molecule has 0 aromatic heterocycles. The Balaban J connectivity index is 2.10. The molecule has 0 bridgehead atoms. The quantitative estimate of drug-likeness (QED) is 0.129. The summed E-state index contributed by atoms with van der Waals surface area (Å²) in [6, 6.07) is 0. The van der Waals surface area contributed by atoms with Crippen LogP contribution in [-0.2, 0) is 19.1 Å². The van der Waals surface area contributed by atoms with E-state index in [0.29, 0.717) is 35.9 Å². The van der Waals surface area contributed by atoms with Gasteiger partial charge in [-0.15, -0.1) is 0 Å². The molecule has 0 aliphatic heterocycles. The third kappa shape index (κ3) is 18.3. The molecule has 0 heterocycles. The molecule has 38 heavy (non-hydrogen) atoms. The van der Waals surface area contributed by atoms with Crippen LogP contribution in [0.4, 0.5) is 0 Å². The van der Waals surface area contributed by atoms with Crippen molar-refractivity contribution in [2.75, 3.05) is 13.2 Å². The summed E-state index contributed by atoms with van der Waals surface area (Å²) >= 11 is 0. The molecule has 0 saturated heterocycles. The fourth-order valence-electron chi connectivity index (χ4n) is 5.42. The molecular formula is C34H64O4. The van der Waals surface area contributed by atoms with Gasteiger partial charge in [0, 0.05) is 0 Å². The summed E-state index contributed by atoms with van der Waals surface area (Å²) < 4.78 is 11.3. The smallest absolute Gasteiger partial charge is 0.308 e. The number of esters is 2. The first-order valence-electron chi connectivity index (χ1n) is 16.1. The van der Waals surface area contributed by atoms with Crippen molar-refractivity contribution in [3.63, 3.8) is 0 Å². The first-order valence-corrected chi connectivity index (χ1v) is 16.1. The summed E-state index contributed by atoms with van der Waals surface area (Å²) in [7, 11) is 0. The van der Waals surface area contributed by atoms with E-state index in [-0.39, 0.29) is 23.8 Å². The zero-order valence-corrected chi connectivity index (χ0v) is 26.7. The molecule has 2 unspecified atom stereocenters. The van der Waals surface area contributed by atoms with Gasteiger partial charge in [-0.3, -0.25) is 9.59 Å². The first kappa shape index (κ1) is 35.0. The predicted molar refractivity (Wildman–Crippen MR) is 160 cm³/mol. The lowest BCUT2D eigenvalue weighted by Gasteiger charge is -2.26. The van der Waals surface area contributed by atoms with E-state index < -0.39 is 0 Å². The Hall–Kier alpha value is -1.06. The van der Waals surface area contributed by atoms with Crippen molar-refractivity contribution in [2.45, 2.75) is 158 Å². The molecule has 4 heteroatoms. The number of rotatable bonds is 18. The Kier molecular flexibility index (Phi) is 16.9. The Labute approximate surface area is 236 Å². The molecule has 0 amide bonds.